The van der Waals surface area contributed by atoms with Crippen molar-refractivity contribution in [3.63, 3.8) is 0 Å². The number of carbonyl (C=O) groups excluding carboxylic acids is 1. The maximum atomic E-state index is 10.9. The van der Waals surface area contributed by atoms with E-state index in [1.54, 1.807) is 0 Å². The van der Waals surface area contributed by atoms with Crippen molar-refractivity contribution in [1.29, 1.82) is 0 Å². The minimum absolute atomic E-state index is 0.0983. The lowest BCUT2D eigenvalue weighted by molar-refractivity contribution is -0.121. The average molecular weight is 202 g/mol. The van der Waals surface area contributed by atoms with Gasteiger partial charge >= 0.3 is 0 Å². The Kier molecular flexibility index (Phi) is 7.37. The molecule has 1 unspecified atom stereocenters. The van der Waals surface area contributed by atoms with Crippen LogP contribution in [-0.2, 0) is 4.79 Å². The summed E-state index contributed by atoms with van der Waals surface area (Å²) in [6.45, 7) is 4.06. The fourth-order valence-corrected chi connectivity index (χ4v) is 1.14. The Hall–Kier alpha value is -0.650. The van der Waals surface area contributed by atoms with E-state index in [0.29, 0.717) is 12.5 Å². The fraction of sp³-hybridized carbons (Fsp3) is 0.889. The van der Waals surface area contributed by atoms with E-state index in [1.807, 2.05) is 7.05 Å². The first-order chi connectivity index (χ1) is 6.61. The van der Waals surface area contributed by atoms with Crippen molar-refractivity contribution in [2.75, 3.05) is 27.2 Å². The van der Waals surface area contributed by atoms with Gasteiger partial charge in [0.1, 0.15) is 0 Å². The Morgan fingerprint density at radius 2 is 2.21 bits per heavy atom. The molecule has 0 saturated heterocycles. The summed E-state index contributed by atoms with van der Waals surface area (Å²) in [6, 6.07) is 0.403. The van der Waals surface area contributed by atoms with Gasteiger partial charge in [0.2, 0.25) is 5.91 Å². The van der Waals surface area contributed by atoms with Gasteiger partial charge in [0.05, 0.1) is 0 Å². The van der Waals surface area contributed by atoms with Gasteiger partial charge < -0.3 is 10.2 Å². The number of amides is 1. The van der Waals surface area contributed by atoms with Crippen molar-refractivity contribution in [3.05, 3.63) is 0 Å². The van der Waals surface area contributed by atoms with Crippen LogP contribution in [0.5, 0.6) is 0 Å². The summed E-state index contributed by atoms with van der Waals surface area (Å²) in [5.41, 5.74) is 2.13. The number of carbonyl (C=O) groups is 1. The Morgan fingerprint density at radius 3 is 2.71 bits per heavy atom. The van der Waals surface area contributed by atoms with Crippen LogP contribution in [0.1, 0.15) is 19.8 Å². The number of rotatable bonds is 7. The summed E-state index contributed by atoms with van der Waals surface area (Å²) in [6.07, 6.45) is 1.32. The van der Waals surface area contributed by atoms with Gasteiger partial charge in [-0.1, -0.05) is 0 Å². The highest BCUT2D eigenvalue weighted by molar-refractivity contribution is 5.75. The standard InChI is InChI=1S/C9H22N4O/c1-8(4-5-9(14)12-10)13(3)7-6-11-2/h8,11H,4-7,10H2,1-3H3,(H,12,14). The summed E-state index contributed by atoms with van der Waals surface area (Å²) in [4.78, 5) is 13.1. The molecule has 5 heteroatoms. The van der Waals surface area contributed by atoms with E-state index in [0.717, 1.165) is 19.5 Å². The quantitative estimate of drug-likeness (QED) is 0.290. The van der Waals surface area contributed by atoms with Crippen molar-refractivity contribution < 1.29 is 4.79 Å². The Morgan fingerprint density at radius 1 is 1.57 bits per heavy atom. The van der Waals surface area contributed by atoms with Crippen LogP contribution in [0.4, 0.5) is 0 Å². The predicted octanol–water partition coefficient (Wildman–Crippen LogP) is -0.704. The summed E-state index contributed by atoms with van der Waals surface area (Å²) in [5, 5.41) is 3.09. The summed E-state index contributed by atoms with van der Waals surface area (Å²) in [5.74, 6) is 4.89. The number of nitrogens with two attached hydrogens (primary N) is 1. The topological polar surface area (TPSA) is 70.4 Å². The summed E-state index contributed by atoms with van der Waals surface area (Å²) >= 11 is 0. The van der Waals surface area contributed by atoms with Gasteiger partial charge in [0.15, 0.2) is 0 Å². The molecule has 0 aliphatic heterocycles. The third-order valence-electron chi connectivity index (χ3n) is 2.42. The van der Waals surface area contributed by atoms with E-state index in [2.05, 4.69) is 29.6 Å². The van der Waals surface area contributed by atoms with Gasteiger partial charge in [-0.2, -0.15) is 0 Å². The van der Waals surface area contributed by atoms with Crippen molar-refractivity contribution in [1.82, 2.24) is 15.6 Å². The van der Waals surface area contributed by atoms with Gasteiger partial charge in [-0.25, -0.2) is 5.84 Å². The van der Waals surface area contributed by atoms with Gasteiger partial charge in [-0.05, 0) is 27.4 Å². The monoisotopic (exact) mass is 202 g/mol. The molecule has 1 atom stereocenters. The second-order valence-corrected chi connectivity index (χ2v) is 3.54. The minimum Gasteiger partial charge on any atom is -0.318 e. The molecule has 0 aromatic carbocycles. The van der Waals surface area contributed by atoms with E-state index in [4.69, 9.17) is 5.84 Å². The second kappa shape index (κ2) is 7.73. The molecule has 5 nitrogen and oxygen atoms in total. The first-order valence-corrected chi connectivity index (χ1v) is 4.96. The lowest BCUT2D eigenvalue weighted by Crippen LogP contribution is -2.36. The third-order valence-corrected chi connectivity index (χ3v) is 2.42. The van der Waals surface area contributed by atoms with Crippen LogP contribution < -0.4 is 16.6 Å². The maximum absolute atomic E-state index is 10.9. The second-order valence-electron chi connectivity index (χ2n) is 3.54. The molecule has 0 radical (unpaired) electrons. The van der Waals surface area contributed by atoms with Crippen molar-refractivity contribution in [2.45, 2.75) is 25.8 Å². The molecule has 0 fully saturated rings. The molecule has 0 aromatic heterocycles. The highest BCUT2D eigenvalue weighted by Crippen LogP contribution is 2.03. The van der Waals surface area contributed by atoms with Crippen LogP contribution in [-0.4, -0.2) is 44.0 Å². The Balaban J connectivity index is 3.60. The van der Waals surface area contributed by atoms with Gasteiger partial charge in [-0.3, -0.25) is 10.2 Å². The molecular weight excluding hydrogens is 180 g/mol. The molecule has 0 rings (SSSR count). The highest BCUT2D eigenvalue weighted by atomic mass is 16.2. The predicted molar refractivity (Wildman–Crippen MR) is 57.6 cm³/mol. The number of hydrogen-bond acceptors (Lipinski definition) is 4. The normalized spacial score (nSPS) is 12.9. The molecule has 1 amide bonds. The van der Waals surface area contributed by atoms with Crippen LogP contribution in [0.3, 0.4) is 0 Å². The molecule has 0 bridgehead atoms. The minimum atomic E-state index is -0.0983. The molecule has 0 heterocycles. The van der Waals surface area contributed by atoms with E-state index >= 15 is 0 Å². The molecule has 0 aliphatic carbocycles. The Labute approximate surface area is 86.0 Å². The Bertz CT molecular complexity index is 163. The molecule has 14 heavy (non-hydrogen) atoms. The lowest BCUT2D eigenvalue weighted by Gasteiger charge is -2.24. The first kappa shape index (κ1) is 13.4. The van der Waals surface area contributed by atoms with Crippen LogP contribution in [0.2, 0.25) is 0 Å². The number of nitrogens with one attached hydrogen (secondary N) is 2. The summed E-state index contributed by atoms with van der Waals surface area (Å²) in [7, 11) is 3.99. The molecule has 0 spiro atoms. The number of hydrogen-bond donors (Lipinski definition) is 3. The van der Waals surface area contributed by atoms with Crippen LogP contribution >= 0.6 is 0 Å². The van der Waals surface area contributed by atoms with Crippen LogP contribution in [0, 0.1) is 0 Å². The molecule has 0 saturated carbocycles. The number of likely N-dealkylation sites (N-methyl/N-ethyl adjacent to an activating group) is 2. The van der Waals surface area contributed by atoms with Crippen molar-refractivity contribution >= 4 is 5.91 Å². The first-order valence-electron chi connectivity index (χ1n) is 4.96. The van der Waals surface area contributed by atoms with Gasteiger partial charge in [0.25, 0.3) is 0 Å². The van der Waals surface area contributed by atoms with E-state index in [-0.39, 0.29) is 5.91 Å². The molecule has 84 valence electrons. The summed E-state index contributed by atoms with van der Waals surface area (Å²) < 4.78 is 0. The SMILES string of the molecule is CNCCN(C)C(C)CCC(=O)NN. The number of hydrazine groups is 1. The van der Waals surface area contributed by atoms with E-state index in [9.17, 15) is 4.79 Å². The third kappa shape index (κ3) is 5.90. The molecule has 0 aliphatic rings. The van der Waals surface area contributed by atoms with Crippen LogP contribution in [0.15, 0.2) is 0 Å². The highest BCUT2D eigenvalue weighted by Gasteiger charge is 2.09. The van der Waals surface area contributed by atoms with Gasteiger partial charge in [-0.15, -0.1) is 0 Å². The number of nitrogens with zero attached hydrogens (tertiary/aromatic N) is 1. The van der Waals surface area contributed by atoms with E-state index in [1.165, 1.54) is 0 Å². The zero-order valence-corrected chi connectivity index (χ0v) is 9.34. The zero-order chi connectivity index (χ0) is 11.0. The lowest BCUT2D eigenvalue weighted by atomic mass is 10.1. The largest absolute Gasteiger partial charge is 0.318 e. The zero-order valence-electron chi connectivity index (χ0n) is 9.34. The smallest absolute Gasteiger partial charge is 0.233 e. The molecular formula is C9H22N4O. The van der Waals surface area contributed by atoms with Crippen LogP contribution in [0.25, 0.3) is 0 Å². The maximum Gasteiger partial charge on any atom is 0.233 e. The average Bonchev–Trinajstić information content (AvgIpc) is 2.21. The van der Waals surface area contributed by atoms with Crippen molar-refractivity contribution in [3.8, 4) is 0 Å². The molecule has 0 aromatic rings. The fourth-order valence-electron chi connectivity index (χ4n) is 1.14. The molecule has 4 N–H and O–H groups in total. The van der Waals surface area contributed by atoms with Gasteiger partial charge in [0, 0.05) is 25.6 Å². The van der Waals surface area contributed by atoms with Crippen molar-refractivity contribution in [2.24, 2.45) is 5.84 Å². The van der Waals surface area contributed by atoms with E-state index < -0.39 is 0 Å².